The highest BCUT2D eigenvalue weighted by molar-refractivity contribution is 7.95. The Morgan fingerprint density at radius 3 is 2.10 bits per heavy atom. The molecule has 1 aromatic carbocycles. The predicted molar refractivity (Wildman–Crippen MR) is 72.3 cm³/mol. The summed E-state index contributed by atoms with van der Waals surface area (Å²) in [5.41, 5.74) is 0. The molecule has 0 N–H and O–H groups in total. The second-order valence-electron chi connectivity index (χ2n) is 3.90. The van der Waals surface area contributed by atoms with Crippen molar-refractivity contribution in [1.29, 1.82) is 0 Å². The number of benzene rings is 1. The van der Waals surface area contributed by atoms with Crippen molar-refractivity contribution >= 4 is 15.9 Å². The Kier molecular flexibility index (Phi) is 5.83. The topological polar surface area (TPSA) is 63.7 Å². The Balaban J connectivity index is 3.16. The van der Waals surface area contributed by atoms with Gasteiger partial charge >= 0.3 is 12.2 Å². The van der Waals surface area contributed by atoms with Crippen LogP contribution in [0.5, 0.6) is 0 Å². The normalized spacial score (nSPS) is 10.9. The van der Waals surface area contributed by atoms with E-state index in [1.807, 2.05) is 0 Å². The molecule has 5 nitrogen and oxygen atoms in total. The second-order valence-corrected chi connectivity index (χ2v) is 5.75. The first-order valence-corrected chi connectivity index (χ1v) is 7.65. The Morgan fingerprint density at radius 1 is 1.14 bits per heavy atom. The van der Waals surface area contributed by atoms with Crippen molar-refractivity contribution in [1.82, 2.24) is 4.90 Å². The van der Waals surface area contributed by atoms with Gasteiger partial charge in [-0.1, -0.05) is 18.2 Å². The van der Waals surface area contributed by atoms with Gasteiger partial charge in [0.1, 0.15) is 0 Å². The summed E-state index contributed by atoms with van der Waals surface area (Å²) in [5, 5.41) is -1.63. The maximum Gasteiger partial charge on any atom is 0.416 e. The van der Waals surface area contributed by atoms with Crippen LogP contribution in [0.3, 0.4) is 0 Å². The van der Waals surface area contributed by atoms with E-state index in [0.29, 0.717) is 0 Å². The summed E-state index contributed by atoms with van der Waals surface area (Å²) in [7, 11) is -4.59. The lowest BCUT2D eigenvalue weighted by atomic mass is 10.4. The Bertz CT molecular complexity index is 621. The summed E-state index contributed by atoms with van der Waals surface area (Å²) in [6.07, 6.45) is -3.71. The van der Waals surface area contributed by atoms with E-state index in [1.54, 1.807) is 13.8 Å². The van der Waals surface area contributed by atoms with Gasteiger partial charge in [-0.05, 0) is 26.0 Å². The van der Waals surface area contributed by atoms with Crippen LogP contribution >= 0.6 is 0 Å². The Hall–Kier alpha value is -1.96. The minimum absolute atomic E-state index is 0.210. The van der Waals surface area contributed by atoms with Crippen LogP contribution in [0.2, 0.25) is 0 Å². The molecule has 8 heteroatoms. The third-order valence-corrected chi connectivity index (χ3v) is 4.27. The van der Waals surface area contributed by atoms with Crippen molar-refractivity contribution in [2.75, 3.05) is 13.1 Å². The Labute approximate surface area is 121 Å². The van der Waals surface area contributed by atoms with Crippen molar-refractivity contribution in [3.8, 4) is 0 Å². The number of nitrogens with zero attached hydrogens (tertiary/aromatic N) is 1. The standard InChI is InChI=1S/C13H15F2NO4S/c1-3-16(4-2)13(17)20-12(11(14)15)21(18,19)10-8-6-5-7-9-10/h5-9H,3-4H2,1-2H3. The molecule has 0 fully saturated rings. The molecule has 0 aliphatic rings. The summed E-state index contributed by atoms with van der Waals surface area (Å²) >= 11 is 0. The van der Waals surface area contributed by atoms with E-state index in [4.69, 9.17) is 0 Å². The van der Waals surface area contributed by atoms with Gasteiger partial charge in [0, 0.05) is 13.1 Å². The maximum absolute atomic E-state index is 12.9. The highest BCUT2D eigenvalue weighted by atomic mass is 32.2. The second kappa shape index (κ2) is 7.16. The lowest BCUT2D eigenvalue weighted by Crippen LogP contribution is -2.32. The molecule has 0 aliphatic carbocycles. The number of carbonyl (C=O) groups excluding carboxylic acids is 1. The molecule has 0 saturated heterocycles. The molecule has 1 aromatic rings. The first kappa shape index (κ1) is 17.1. The van der Waals surface area contributed by atoms with Crippen LogP contribution in [0.15, 0.2) is 46.4 Å². The minimum atomic E-state index is -4.59. The van der Waals surface area contributed by atoms with Crippen molar-refractivity contribution in [3.05, 3.63) is 41.5 Å². The monoisotopic (exact) mass is 319 g/mol. The van der Waals surface area contributed by atoms with Crippen LogP contribution in [-0.2, 0) is 14.6 Å². The highest BCUT2D eigenvalue weighted by Crippen LogP contribution is 2.25. The van der Waals surface area contributed by atoms with E-state index in [2.05, 4.69) is 4.74 Å². The van der Waals surface area contributed by atoms with Gasteiger partial charge in [0.2, 0.25) is 9.84 Å². The molecule has 0 heterocycles. The van der Waals surface area contributed by atoms with Gasteiger partial charge in [-0.2, -0.15) is 8.78 Å². The SMILES string of the molecule is CCN(CC)C(=O)OC(=C(F)F)S(=O)(=O)c1ccccc1. The molecule has 0 spiro atoms. The maximum atomic E-state index is 12.9. The lowest BCUT2D eigenvalue weighted by Gasteiger charge is -2.18. The van der Waals surface area contributed by atoms with Crippen molar-refractivity contribution < 1.29 is 26.7 Å². The largest absolute Gasteiger partial charge is 0.416 e. The zero-order valence-electron chi connectivity index (χ0n) is 11.5. The molecule has 1 rings (SSSR count). The summed E-state index contributed by atoms with van der Waals surface area (Å²) in [6.45, 7) is 3.65. The summed E-state index contributed by atoms with van der Waals surface area (Å²) < 4.78 is 54.4. The number of hydrogen-bond acceptors (Lipinski definition) is 4. The third kappa shape index (κ3) is 4.01. The van der Waals surface area contributed by atoms with Gasteiger partial charge < -0.3 is 9.64 Å². The molecule has 0 bridgehead atoms. The number of carbonyl (C=O) groups is 1. The van der Waals surface area contributed by atoms with Crippen molar-refractivity contribution in [2.45, 2.75) is 18.7 Å². The van der Waals surface area contributed by atoms with Gasteiger partial charge in [-0.25, -0.2) is 13.2 Å². The van der Waals surface area contributed by atoms with Crippen LogP contribution in [-0.4, -0.2) is 32.5 Å². The van der Waals surface area contributed by atoms with E-state index < -0.39 is 27.1 Å². The minimum Gasteiger partial charge on any atom is -0.391 e. The average Bonchev–Trinajstić information content (AvgIpc) is 2.46. The van der Waals surface area contributed by atoms with E-state index in [0.717, 1.165) is 17.0 Å². The van der Waals surface area contributed by atoms with Crippen LogP contribution in [0, 0.1) is 0 Å². The fourth-order valence-corrected chi connectivity index (χ4v) is 2.64. The van der Waals surface area contributed by atoms with E-state index in [1.165, 1.54) is 18.2 Å². The molecular weight excluding hydrogens is 304 g/mol. The molecule has 0 atom stereocenters. The Morgan fingerprint density at radius 2 is 1.67 bits per heavy atom. The number of hydrogen-bond donors (Lipinski definition) is 0. The van der Waals surface area contributed by atoms with Crippen molar-refractivity contribution in [3.63, 3.8) is 0 Å². The molecular formula is C13H15F2NO4S. The first-order chi connectivity index (χ1) is 9.84. The van der Waals surface area contributed by atoms with Gasteiger partial charge in [0.25, 0.3) is 5.09 Å². The molecule has 0 unspecified atom stereocenters. The van der Waals surface area contributed by atoms with Gasteiger partial charge in [0.15, 0.2) is 0 Å². The van der Waals surface area contributed by atoms with E-state index in [9.17, 15) is 22.0 Å². The van der Waals surface area contributed by atoms with Crippen LogP contribution < -0.4 is 0 Å². The van der Waals surface area contributed by atoms with Crippen LogP contribution in [0.25, 0.3) is 0 Å². The molecule has 21 heavy (non-hydrogen) atoms. The fourth-order valence-electron chi connectivity index (χ4n) is 1.53. The molecule has 116 valence electrons. The van der Waals surface area contributed by atoms with Crippen LogP contribution in [0.1, 0.15) is 13.8 Å². The van der Waals surface area contributed by atoms with Crippen LogP contribution in [0.4, 0.5) is 13.6 Å². The van der Waals surface area contributed by atoms with Crippen molar-refractivity contribution in [2.24, 2.45) is 0 Å². The van der Waals surface area contributed by atoms with Gasteiger partial charge in [-0.15, -0.1) is 0 Å². The van der Waals surface area contributed by atoms with Gasteiger partial charge in [0.05, 0.1) is 4.90 Å². The number of ether oxygens (including phenoxy) is 1. The number of amides is 1. The fraction of sp³-hybridized carbons (Fsp3) is 0.308. The average molecular weight is 319 g/mol. The summed E-state index contributed by atoms with van der Waals surface area (Å²) in [6, 6.07) is 6.59. The number of rotatable bonds is 5. The number of sulfone groups is 1. The molecule has 1 amide bonds. The van der Waals surface area contributed by atoms with E-state index in [-0.39, 0.29) is 18.0 Å². The predicted octanol–water partition coefficient (Wildman–Crippen LogP) is 3.00. The van der Waals surface area contributed by atoms with E-state index >= 15 is 0 Å². The molecule has 0 saturated carbocycles. The number of halogens is 2. The zero-order valence-corrected chi connectivity index (χ0v) is 12.4. The zero-order chi connectivity index (χ0) is 16.0. The third-order valence-electron chi connectivity index (χ3n) is 2.65. The quantitative estimate of drug-likeness (QED) is 0.783. The highest BCUT2D eigenvalue weighted by Gasteiger charge is 2.31. The smallest absolute Gasteiger partial charge is 0.391 e. The lowest BCUT2D eigenvalue weighted by molar-refractivity contribution is 0.133. The summed E-state index contributed by atoms with van der Waals surface area (Å²) in [4.78, 5) is 12.4. The molecule has 0 aromatic heterocycles. The molecule has 0 aliphatic heterocycles. The first-order valence-electron chi connectivity index (χ1n) is 6.16. The van der Waals surface area contributed by atoms with Gasteiger partial charge in [-0.3, -0.25) is 0 Å². The molecule has 0 radical (unpaired) electrons. The summed E-state index contributed by atoms with van der Waals surface area (Å²) in [5.74, 6) is 0.